The second kappa shape index (κ2) is 6.95. The maximum Gasteiger partial charge on any atom is 0.0489 e. The predicted molar refractivity (Wildman–Crippen MR) is 139 cm³/mol. The molecule has 0 radical (unpaired) electrons. The van der Waals surface area contributed by atoms with Crippen LogP contribution in [0.15, 0.2) is 115 Å². The van der Waals surface area contributed by atoms with Crippen molar-refractivity contribution in [2.45, 2.75) is 5.92 Å². The third-order valence-corrected chi connectivity index (χ3v) is 7.31. The fourth-order valence-electron chi connectivity index (χ4n) is 5.73. The van der Waals surface area contributed by atoms with Crippen LogP contribution in [0.4, 0.5) is 0 Å². The van der Waals surface area contributed by atoms with Crippen molar-refractivity contribution in [3.63, 3.8) is 0 Å². The number of aryl methyl sites for hydroxylation is 1. The number of hydrogen-bond acceptors (Lipinski definition) is 0. The average molecular weight is 422 g/mol. The lowest BCUT2D eigenvalue weighted by Gasteiger charge is -2.14. The Kier molecular flexibility index (Phi) is 3.89. The van der Waals surface area contributed by atoms with Crippen molar-refractivity contribution in [2.24, 2.45) is 7.05 Å². The molecule has 0 aliphatic heterocycles. The van der Waals surface area contributed by atoms with Crippen molar-refractivity contribution in [1.82, 2.24) is 4.57 Å². The van der Waals surface area contributed by atoms with Gasteiger partial charge in [0.15, 0.2) is 0 Å². The molecule has 1 nitrogen and oxygen atoms in total. The topological polar surface area (TPSA) is 4.93 Å². The second-order valence-electron chi connectivity index (χ2n) is 9.04. The van der Waals surface area contributed by atoms with Gasteiger partial charge in [-0.25, -0.2) is 0 Å². The van der Waals surface area contributed by atoms with Crippen molar-refractivity contribution in [3.8, 4) is 22.3 Å². The molecule has 0 saturated carbocycles. The van der Waals surface area contributed by atoms with Gasteiger partial charge in [0.1, 0.15) is 0 Å². The minimum atomic E-state index is 0.298. The Hall–Kier alpha value is -4.10. The predicted octanol–water partition coefficient (Wildman–Crippen LogP) is 8.16. The van der Waals surface area contributed by atoms with E-state index in [0.717, 1.165) is 0 Å². The van der Waals surface area contributed by atoms with E-state index < -0.39 is 0 Å². The average Bonchev–Trinajstić information content (AvgIpc) is 3.36. The number of para-hydroxylation sites is 1. The zero-order chi connectivity index (χ0) is 21.9. The summed E-state index contributed by atoms with van der Waals surface area (Å²) in [6.45, 7) is 0. The van der Waals surface area contributed by atoms with Crippen molar-refractivity contribution < 1.29 is 0 Å². The molecule has 1 unspecified atom stereocenters. The molecule has 0 fully saturated rings. The van der Waals surface area contributed by atoms with Gasteiger partial charge in [0.25, 0.3) is 0 Å². The summed E-state index contributed by atoms with van der Waals surface area (Å²) < 4.78 is 2.29. The van der Waals surface area contributed by atoms with E-state index in [1.54, 1.807) is 0 Å². The molecule has 7 rings (SSSR count). The van der Waals surface area contributed by atoms with Gasteiger partial charge in [-0.05, 0) is 63.2 Å². The largest absolute Gasteiger partial charge is 0.344 e. The fraction of sp³-hybridized carbons (Fsp3) is 0.0625. The summed E-state index contributed by atoms with van der Waals surface area (Å²) in [5.74, 6) is 0.298. The molecule has 1 aliphatic carbocycles. The van der Waals surface area contributed by atoms with E-state index in [4.69, 9.17) is 0 Å². The number of benzene rings is 5. The lowest BCUT2D eigenvalue weighted by Crippen LogP contribution is -1.98. The lowest BCUT2D eigenvalue weighted by molar-refractivity contribution is 1.01. The molecule has 0 amide bonds. The maximum atomic E-state index is 2.39. The molecule has 156 valence electrons. The highest BCUT2D eigenvalue weighted by molar-refractivity contribution is 6.09. The highest BCUT2D eigenvalue weighted by Gasteiger charge is 2.29. The zero-order valence-corrected chi connectivity index (χ0v) is 18.5. The molecule has 1 aromatic heterocycles. The van der Waals surface area contributed by atoms with Crippen LogP contribution < -0.4 is 0 Å². The molecule has 0 spiro atoms. The standard InChI is InChI=1S/C32H23N/c1-33-30-14-8-7-12-25(30)29-20-23(16-18-31(29)33)22-15-17-27-28(19-22)24-11-5-6-13-26(24)32(27)21-9-3-2-4-10-21/h2-20,32H,1H3. The number of fused-ring (bicyclic) bond motifs is 6. The monoisotopic (exact) mass is 421 g/mol. The van der Waals surface area contributed by atoms with Gasteiger partial charge in [0.05, 0.1) is 0 Å². The molecule has 0 bridgehead atoms. The first kappa shape index (κ1) is 18.5. The normalized spacial score (nSPS) is 14.5. The summed E-state index contributed by atoms with van der Waals surface area (Å²) >= 11 is 0. The van der Waals surface area contributed by atoms with Gasteiger partial charge >= 0.3 is 0 Å². The van der Waals surface area contributed by atoms with Crippen LogP contribution in [-0.4, -0.2) is 4.57 Å². The van der Waals surface area contributed by atoms with E-state index in [9.17, 15) is 0 Å². The molecule has 5 aromatic carbocycles. The second-order valence-corrected chi connectivity index (χ2v) is 9.04. The van der Waals surface area contributed by atoms with E-state index in [1.165, 1.54) is 60.8 Å². The highest BCUT2D eigenvalue weighted by atomic mass is 14.9. The van der Waals surface area contributed by atoms with E-state index in [0.29, 0.717) is 5.92 Å². The van der Waals surface area contributed by atoms with Crippen LogP contribution in [0.5, 0.6) is 0 Å². The Balaban J connectivity index is 1.42. The quantitative estimate of drug-likeness (QED) is 0.265. The Bertz CT molecular complexity index is 1670. The molecule has 6 aromatic rings. The summed E-state index contributed by atoms with van der Waals surface area (Å²) in [6.07, 6.45) is 0. The van der Waals surface area contributed by atoms with Crippen LogP contribution in [0, 0.1) is 0 Å². The smallest absolute Gasteiger partial charge is 0.0489 e. The molecule has 0 N–H and O–H groups in total. The van der Waals surface area contributed by atoms with E-state index in [2.05, 4.69) is 127 Å². The Labute approximate surface area is 193 Å². The zero-order valence-electron chi connectivity index (χ0n) is 18.5. The fourth-order valence-corrected chi connectivity index (χ4v) is 5.73. The van der Waals surface area contributed by atoms with E-state index in [1.807, 2.05) is 0 Å². The van der Waals surface area contributed by atoms with Crippen LogP contribution in [0.3, 0.4) is 0 Å². The van der Waals surface area contributed by atoms with Gasteiger partial charge in [0, 0.05) is 34.8 Å². The van der Waals surface area contributed by atoms with Gasteiger partial charge in [-0.2, -0.15) is 0 Å². The first-order chi connectivity index (χ1) is 16.3. The van der Waals surface area contributed by atoms with Crippen molar-refractivity contribution in [3.05, 3.63) is 132 Å². The van der Waals surface area contributed by atoms with Crippen LogP contribution in [0.25, 0.3) is 44.1 Å². The minimum Gasteiger partial charge on any atom is -0.344 e. The Morgan fingerprint density at radius 2 is 1.18 bits per heavy atom. The summed E-state index contributed by atoms with van der Waals surface area (Å²) in [5.41, 5.74) is 12.0. The van der Waals surface area contributed by atoms with E-state index in [-0.39, 0.29) is 0 Å². The molecule has 1 heterocycles. The summed E-state index contributed by atoms with van der Waals surface area (Å²) in [5, 5.41) is 2.63. The number of aromatic nitrogens is 1. The van der Waals surface area contributed by atoms with Crippen molar-refractivity contribution in [1.29, 1.82) is 0 Å². The Morgan fingerprint density at radius 1 is 0.515 bits per heavy atom. The van der Waals surface area contributed by atoms with Gasteiger partial charge in [-0.3, -0.25) is 0 Å². The van der Waals surface area contributed by atoms with Crippen LogP contribution in [0.2, 0.25) is 0 Å². The number of rotatable bonds is 2. The van der Waals surface area contributed by atoms with Gasteiger partial charge in [-0.15, -0.1) is 0 Å². The lowest BCUT2D eigenvalue weighted by atomic mass is 9.89. The molecule has 1 aliphatic rings. The van der Waals surface area contributed by atoms with Crippen LogP contribution in [-0.2, 0) is 7.05 Å². The van der Waals surface area contributed by atoms with Crippen molar-refractivity contribution >= 4 is 21.8 Å². The van der Waals surface area contributed by atoms with Crippen LogP contribution in [0.1, 0.15) is 22.6 Å². The van der Waals surface area contributed by atoms with E-state index >= 15 is 0 Å². The van der Waals surface area contributed by atoms with Gasteiger partial charge in [-0.1, -0.05) is 91.0 Å². The SMILES string of the molecule is Cn1c2ccccc2c2cc(-c3ccc4c(c3)-c3ccccc3C4c3ccccc3)ccc21. The molecule has 1 atom stereocenters. The van der Waals surface area contributed by atoms with Crippen molar-refractivity contribution in [2.75, 3.05) is 0 Å². The maximum absolute atomic E-state index is 2.39. The molecular formula is C32H23N. The molecule has 33 heavy (non-hydrogen) atoms. The summed E-state index contributed by atoms with van der Waals surface area (Å²) in [6, 6.07) is 42.3. The third kappa shape index (κ3) is 2.66. The van der Waals surface area contributed by atoms with Gasteiger partial charge in [0.2, 0.25) is 0 Å². The van der Waals surface area contributed by atoms with Gasteiger partial charge < -0.3 is 4.57 Å². The molecular weight excluding hydrogens is 398 g/mol. The number of hydrogen-bond donors (Lipinski definition) is 0. The Morgan fingerprint density at radius 3 is 2.09 bits per heavy atom. The first-order valence-electron chi connectivity index (χ1n) is 11.6. The third-order valence-electron chi connectivity index (χ3n) is 7.31. The molecule has 0 saturated heterocycles. The summed E-state index contributed by atoms with van der Waals surface area (Å²) in [7, 11) is 2.15. The van der Waals surface area contributed by atoms with Crippen LogP contribution >= 0.6 is 0 Å². The number of nitrogens with zero attached hydrogens (tertiary/aromatic N) is 1. The summed E-state index contributed by atoms with van der Waals surface area (Å²) in [4.78, 5) is 0. The first-order valence-corrected chi connectivity index (χ1v) is 11.6. The highest BCUT2D eigenvalue weighted by Crippen LogP contribution is 2.49. The molecule has 1 heteroatoms. The minimum absolute atomic E-state index is 0.298.